The van der Waals surface area contributed by atoms with Gasteiger partial charge in [0.25, 0.3) is 5.91 Å². The van der Waals surface area contributed by atoms with Gasteiger partial charge in [0.1, 0.15) is 5.75 Å². The summed E-state index contributed by atoms with van der Waals surface area (Å²) in [4.78, 5) is 29.8. The fraction of sp³-hybridized carbons (Fsp3) is 0.455. The number of nitrogens with zero attached hydrogens (tertiary/aromatic N) is 3. The van der Waals surface area contributed by atoms with Gasteiger partial charge in [-0.25, -0.2) is 4.79 Å². The average Bonchev–Trinajstić information content (AvgIpc) is 3.04. The quantitative estimate of drug-likeness (QED) is 0.629. The lowest BCUT2D eigenvalue weighted by Gasteiger charge is -2.35. The minimum absolute atomic E-state index is 0. The van der Waals surface area contributed by atoms with Crippen molar-refractivity contribution in [3.05, 3.63) is 35.7 Å². The number of carbonyl (C=O) groups is 2. The highest BCUT2D eigenvalue weighted by Gasteiger charge is 2.35. The van der Waals surface area contributed by atoms with Crippen LogP contribution in [0.2, 0.25) is 0 Å². The zero-order chi connectivity index (χ0) is 22.7. The first-order chi connectivity index (χ1) is 14.8. The number of benzene rings is 1. The molecule has 1 saturated heterocycles. The minimum Gasteiger partial charge on any atom is -0.503 e. The molecule has 32 heavy (non-hydrogen) atoms. The molecular weight excluding hydrogens is 438 g/mol. The van der Waals surface area contributed by atoms with Crippen LogP contribution in [0.5, 0.6) is 17.2 Å². The van der Waals surface area contributed by atoms with Gasteiger partial charge in [-0.2, -0.15) is 0 Å². The lowest BCUT2D eigenvalue weighted by atomic mass is 10.0. The Morgan fingerprint density at radius 3 is 2.19 bits per heavy atom. The Morgan fingerprint density at radius 1 is 1.09 bits per heavy atom. The number of hydrogen-bond acceptors (Lipinski definition) is 7. The third-order valence-corrected chi connectivity index (χ3v) is 5.68. The zero-order valence-electron chi connectivity index (χ0n) is 18.7. The van der Waals surface area contributed by atoms with Gasteiger partial charge in [-0.1, -0.05) is 0 Å². The molecule has 1 aromatic carbocycles. The van der Waals surface area contributed by atoms with Gasteiger partial charge >= 0.3 is 5.97 Å². The molecule has 1 aliphatic heterocycles. The molecule has 2 N–H and O–H groups in total. The van der Waals surface area contributed by atoms with Gasteiger partial charge in [0.2, 0.25) is 0 Å². The van der Waals surface area contributed by atoms with E-state index in [9.17, 15) is 19.8 Å². The molecule has 0 radical (unpaired) electrons. The van der Waals surface area contributed by atoms with Crippen molar-refractivity contribution in [3.8, 4) is 22.9 Å². The van der Waals surface area contributed by atoms with Gasteiger partial charge in [-0.05, 0) is 64.2 Å². The van der Waals surface area contributed by atoms with Crippen molar-refractivity contribution in [1.82, 2.24) is 14.4 Å². The lowest BCUT2D eigenvalue weighted by molar-refractivity contribution is 0.0513. The molecule has 1 fully saturated rings. The van der Waals surface area contributed by atoms with E-state index >= 15 is 0 Å². The average molecular weight is 468 g/mol. The van der Waals surface area contributed by atoms with Crippen LogP contribution in [0.1, 0.15) is 40.7 Å². The maximum Gasteiger partial charge on any atom is 0.359 e. The molecule has 2 heterocycles. The fourth-order valence-corrected chi connectivity index (χ4v) is 3.84. The van der Waals surface area contributed by atoms with Gasteiger partial charge in [0.15, 0.2) is 22.9 Å². The second-order valence-corrected chi connectivity index (χ2v) is 7.60. The van der Waals surface area contributed by atoms with Crippen LogP contribution in [0.25, 0.3) is 5.69 Å². The number of likely N-dealkylation sites (tertiary alicyclic amines) is 1. The highest BCUT2D eigenvalue weighted by Crippen LogP contribution is 2.40. The largest absolute Gasteiger partial charge is 0.503 e. The zero-order valence-corrected chi connectivity index (χ0v) is 19.5. The number of ether oxygens (including phenoxy) is 2. The van der Waals surface area contributed by atoms with E-state index < -0.39 is 23.4 Å². The van der Waals surface area contributed by atoms with Gasteiger partial charge in [-0.15, -0.1) is 12.4 Å². The minimum atomic E-state index is -0.841. The summed E-state index contributed by atoms with van der Waals surface area (Å²) in [5.41, 5.74) is -0.0867. The predicted molar refractivity (Wildman–Crippen MR) is 121 cm³/mol. The fourth-order valence-electron chi connectivity index (χ4n) is 3.84. The summed E-state index contributed by atoms with van der Waals surface area (Å²) >= 11 is 0. The number of aromatic hydroxyl groups is 2. The molecule has 0 unspecified atom stereocenters. The molecule has 0 bridgehead atoms. The number of rotatable bonds is 6. The highest BCUT2D eigenvalue weighted by molar-refractivity contribution is 6.02. The molecule has 0 saturated carbocycles. The van der Waals surface area contributed by atoms with E-state index in [0.29, 0.717) is 11.4 Å². The summed E-state index contributed by atoms with van der Waals surface area (Å²) in [7, 11) is 5.23. The summed E-state index contributed by atoms with van der Waals surface area (Å²) in [5.74, 6) is -2.09. The third kappa shape index (κ3) is 4.78. The summed E-state index contributed by atoms with van der Waals surface area (Å²) in [6, 6.07) is 6.57. The number of hydrogen-bond donors (Lipinski definition) is 2. The Labute approximate surface area is 193 Å². The smallest absolute Gasteiger partial charge is 0.359 e. The van der Waals surface area contributed by atoms with E-state index in [1.165, 1.54) is 11.7 Å². The topological polar surface area (TPSA) is 104 Å². The van der Waals surface area contributed by atoms with Gasteiger partial charge in [0, 0.05) is 18.8 Å². The molecule has 1 aromatic heterocycles. The molecule has 0 atom stereocenters. The van der Waals surface area contributed by atoms with Crippen molar-refractivity contribution in [2.45, 2.75) is 25.8 Å². The van der Waals surface area contributed by atoms with E-state index in [-0.39, 0.29) is 36.4 Å². The van der Waals surface area contributed by atoms with Crippen LogP contribution < -0.4 is 4.74 Å². The molecule has 176 valence electrons. The van der Waals surface area contributed by atoms with Crippen molar-refractivity contribution in [2.24, 2.45) is 0 Å². The number of esters is 1. The molecule has 1 aliphatic rings. The van der Waals surface area contributed by atoms with Crippen LogP contribution in [0, 0.1) is 0 Å². The monoisotopic (exact) mass is 467 g/mol. The normalized spacial score (nSPS) is 14.5. The van der Waals surface area contributed by atoms with Crippen LogP contribution in [-0.2, 0) is 4.74 Å². The van der Waals surface area contributed by atoms with Crippen molar-refractivity contribution in [3.63, 3.8) is 0 Å². The highest BCUT2D eigenvalue weighted by atomic mass is 35.5. The van der Waals surface area contributed by atoms with Gasteiger partial charge < -0.3 is 29.5 Å². The molecule has 1 amide bonds. The van der Waals surface area contributed by atoms with Crippen molar-refractivity contribution in [2.75, 3.05) is 40.9 Å². The first kappa shape index (κ1) is 25.4. The van der Waals surface area contributed by atoms with E-state index in [2.05, 4.69) is 4.90 Å². The van der Waals surface area contributed by atoms with Gasteiger partial charge in [0.05, 0.1) is 13.7 Å². The molecule has 0 spiro atoms. The molecule has 2 aromatic rings. The van der Waals surface area contributed by atoms with E-state index in [0.717, 1.165) is 25.9 Å². The van der Waals surface area contributed by atoms with Crippen LogP contribution in [-0.4, -0.2) is 83.4 Å². The first-order valence-electron chi connectivity index (χ1n) is 10.2. The lowest BCUT2D eigenvalue weighted by Crippen LogP contribution is -2.45. The van der Waals surface area contributed by atoms with Gasteiger partial charge in [-0.3, -0.25) is 9.36 Å². The Hall–Kier alpha value is -2.91. The van der Waals surface area contributed by atoms with Crippen molar-refractivity contribution in [1.29, 1.82) is 0 Å². The second-order valence-electron chi connectivity index (χ2n) is 7.60. The summed E-state index contributed by atoms with van der Waals surface area (Å²) in [6.45, 7) is 3.42. The van der Waals surface area contributed by atoms with Crippen molar-refractivity contribution >= 4 is 24.3 Å². The number of aromatic nitrogens is 1. The van der Waals surface area contributed by atoms with Crippen LogP contribution in [0.15, 0.2) is 24.3 Å². The second kappa shape index (κ2) is 10.6. The Bertz CT molecular complexity index is 952. The molecule has 10 heteroatoms. The first-order valence-corrected chi connectivity index (χ1v) is 10.2. The van der Waals surface area contributed by atoms with Crippen LogP contribution in [0.3, 0.4) is 0 Å². The third-order valence-electron chi connectivity index (χ3n) is 5.68. The number of halogens is 1. The molecule has 3 rings (SSSR count). The number of amides is 1. The summed E-state index contributed by atoms with van der Waals surface area (Å²) in [5, 5.41) is 21.2. The maximum absolute atomic E-state index is 13.5. The van der Waals surface area contributed by atoms with E-state index in [1.54, 1.807) is 43.1 Å². The Balaban J connectivity index is 0.00000363. The Morgan fingerprint density at radius 2 is 1.66 bits per heavy atom. The molecule has 0 aliphatic carbocycles. The van der Waals surface area contributed by atoms with E-state index in [4.69, 9.17) is 9.47 Å². The maximum atomic E-state index is 13.5. The molecule has 9 nitrogen and oxygen atoms in total. The van der Waals surface area contributed by atoms with Crippen LogP contribution >= 0.6 is 12.4 Å². The number of carbonyl (C=O) groups excluding carboxylic acids is 2. The summed E-state index contributed by atoms with van der Waals surface area (Å²) in [6.07, 6.45) is 1.58. The number of piperidine rings is 1. The molecular formula is C22H30ClN3O6. The van der Waals surface area contributed by atoms with Crippen molar-refractivity contribution < 1.29 is 29.3 Å². The van der Waals surface area contributed by atoms with E-state index in [1.807, 2.05) is 7.05 Å². The SMILES string of the molecule is CCOC(=O)c1c(O)c(O)c(C(=O)N(C)C2CCN(C)CC2)n1-c1ccc(OC)cc1.Cl. The standard InChI is InChI=1S/C22H29N3O6.ClH/c1-5-31-22(29)18-20(27)19(26)17(25(18)15-6-8-16(30-4)9-7-15)21(28)24(3)14-10-12-23(2)13-11-14;/h6-9,14,26-27H,5,10-13H2,1-4H3;1H. The predicted octanol–water partition coefficient (Wildman–Crippen LogP) is 2.66. The summed E-state index contributed by atoms with van der Waals surface area (Å²) < 4.78 is 11.5. The Kier molecular flexibility index (Phi) is 8.40. The van der Waals surface area contributed by atoms with Crippen LogP contribution in [0.4, 0.5) is 0 Å². The number of methoxy groups -OCH3 is 1.